The second kappa shape index (κ2) is 6.08. The van der Waals surface area contributed by atoms with E-state index in [1.807, 2.05) is 0 Å². The maximum atomic E-state index is 13.7. The van der Waals surface area contributed by atoms with Crippen LogP contribution in [-0.4, -0.2) is 46.4 Å². The standard InChI is InChI=1S/C23H16ClFN2O4/c24-14-10-11(7-8-15(14)25)27-21(30)17-16-6-3-9-26(16)23(18(17)22(27)31)19(28)12-4-1-2-5-13(12)20(23)29/h1-2,4-5,7-8,10,16-18H,3,6,9H2/t16-,17-,18-/m1/s1. The number of fused-ring (bicyclic) bond motifs is 6. The predicted molar refractivity (Wildman–Crippen MR) is 108 cm³/mol. The van der Waals surface area contributed by atoms with E-state index in [0.717, 1.165) is 17.4 Å². The first-order valence-electron chi connectivity index (χ1n) is 10.2. The number of imide groups is 1. The summed E-state index contributed by atoms with van der Waals surface area (Å²) in [5, 5.41) is -0.215. The molecule has 0 bridgehead atoms. The number of hydrogen-bond donors (Lipinski definition) is 0. The number of carbonyl (C=O) groups excluding carboxylic acids is 4. The summed E-state index contributed by atoms with van der Waals surface area (Å²) >= 11 is 5.88. The normalized spacial score (nSPS) is 28.6. The quantitative estimate of drug-likeness (QED) is 0.505. The number of nitrogens with zero attached hydrogens (tertiary/aromatic N) is 2. The molecule has 3 aliphatic heterocycles. The Labute approximate surface area is 181 Å². The highest BCUT2D eigenvalue weighted by Crippen LogP contribution is 2.57. The smallest absolute Gasteiger partial charge is 0.240 e. The molecule has 3 fully saturated rings. The molecule has 8 heteroatoms. The van der Waals surface area contributed by atoms with E-state index in [2.05, 4.69) is 0 Å². The van der Waals surface area contributed by atoms with Gasteiger partial charge in [-0.2, -0.15) is 0 Å². The molecule has 0 N–H and O–H groups in total. The highest BCUT2D eigenvalue weighted by atomic mass is 35.5. The Hall–Kier alpha value is -2.90. The summed E-state index contributed by atoms with van der Waals surface area (Å²) in [7, 11) is 0. The maximum Gasteiger partial charge on any atom is 0.240 e. The summed E-state index contributed by atoms with van der Waals surface area (Å²) < 4.78 is 13.7. The molecule has 1 spiro atoms. The molecule has 2 aromatic rings. The van der Waals surface area contributed by atoms with Gasteiger partial charge in [0.05, 0.1) is 22.5 Å². The van der Waals surface area contributed by atoms with Gasteiger partial charge in [-0.25, -0.2) is 9.29 Å². The molecule has 3 saturated heterocycles. The van der Waals surface area contributed by atoms with Crippen molar-refractivity contribution in [3.63, 3.8) is 0 Å². The average molecular weight is 439 g/mol. The number of ketones is 2. The first-order chi connectivity index (χ1) is 14.9. The highest BCUT2D eigenvalue weighted by molar-refractivity contribution is 6.38. The molecule has 2 amide bonds. The molecule has 6 rings (SSSR count). The Bertz CT molecular complexity index is 1190. The van der Waals surface area contributed by atoms with Gasteiger partial charge in [0.15, 0.2) is 17.1 Å². The molecule has 0 aromatic heterocycles. The van der Waals surface area contributed by atoms with Crippen molar-refractivity contribution < 1.29 is 23.6 Å². The third kappa shape index (κ3) is 2.06. The molecule has 0 saturated carbocycles. The molecular formula is C23H16ClFN2O4. The lowest BCUT2D eigenvalue weighted by Gasteiger charge is -2.35. The van der Waals surface area contributed by atoms with Crippen LogP contribution in [-0.2, 0) is 9.59 Å². The van der Waals surface area contributed by atoms with Gasteiger partial charge in [-0.15, -0.1) is 0 Å². The van der Waals surface area contributed by atoms with Gasteiger partial charge >= 0.3 is 0 Å². The van der Waals surface area contributed by atoms with E-state index < -0.39 is 46.6 Å². The predicted octanol–water partition coefficient (Wildman–Crippen LogP) is 2.88. The third-order valence-corrected chi connectivity index (χ3v) is 7.53. The van der Waals surface area contributed by atoms with Crippen LogP contribution >= 0.6 is 11.6 Å². The summed E-state index contributed by atoms with van der Waals surface area (Å²) in [5.41, 5.74) is -0.962. The van der Waals surface area contributed by atoms with Crippen LogP contribution in [0.5, 0.6) is 0 Å². The molecule has 0 unspecified atom stereocenters. The lowest BCUT2D eigenvalue weighted by Crippen LogP contribution is -2.59. The first kappa shape index (κ1) is 18.8. The van der Waals surface area contributed by atoms with E-state index in [-0.39, 0.29) is 16.8 Å². The van der Waals surface area contributed by atoms with Crippen LogP contribution in [0.25, 0.3) is 0 Å². The minimum Gasteiger partial charge on any atom is -0.291 e. The summed E-state index contributed by atoms with van der Waals surface area (Å²) in [6, 6.07) is 9.82. The molecule has 0 radical (unpaired) electrons. The Morgan fingerprint density at radius 3 is 2.29 bits per heavy atom. The molecule has 31 heavy (non-hydrogen) atoms. The Morgan fingerprint density at radius 2 is 1.65 bits per heavy atom. The van der Waals surface area contributed by atoms with Crippen LogP contribution in [0, 0.1) is 17.7 Å². The summed E-state index contributed by atoms with van der Waals surface area (Å²) in [6.07, 6.45) is 1.35. The molecular weight excluding hydrogens is 423 g/mol. The minimum absolute atomic E-state index is 0.144. The van der Waals surface area contributed by atoms with Gasteiger partial charge in [-0.3, -0.25) is 24.1 Å². The fraction of sp³-hybridized carbons (Fsp3) is 0.304. The van der Waals surface area contributed by atoms with Crippen molar-refractivity contribution in [3.8, 4) is 0 Å². The lowest BCUT2D eigenvalue weighted by molar-refractivity contribution is -0.124. The number of amides is 2. The van der Waals surface area contributed by atoms with Crippen LogP contribution in [0.15, 0.2) is 42.5 Å². The van der Waals surface area contributed by atoms with E-state index >= 15 is 0 Å². The topological polar surface area (TPSA) is 74.8 Å². The molecule has 2 aromatic carbocycles. The highest BCUT2D eigenvalue weighted by Gasteiger charge is 2.76. The fourth-order valence-corrected chi connectivity index (χ4v) is 6.29. The third-order valence-electron chi connectivity index (χ3n) is 7.24. The second-order valence-electron chi connectivity index (χ2n) is 8.49. The molecule has 6 nitrogen and oxygen atoms in total. The zero-order valence-electron chi connectivity index (χ0n) is 16.2. The van der Waals surface area contributed by atoms with Crippen molar-refractivity contribution in [1.29, 1.82) is 0 Å². The molecule has 3 heterocycles. The Kier molecular flexibility index (Phi) is 3.69. The van der Waals surface area contributed by atoms with Crippen LogP contribution in [0.3, 0.4) is 0 Å². The lowest BCUT2D eigenvalue weighted by atomic mass is 9.76. The summed E-state index contributed by atoms with van der Waals surface area (Å²) in [6.45, 7) is 0.478. The molecule has 3 atom stereocenters. The fourth-order valence-electron chi connectivity index (χ4n) is 6.12. The largest absolute Gasteiger partial charge is 0.291 e. The number of benzene rings is 2. The van der Waals surface area contributed by atoms with Gasteiger partial charge in [-0.1, -0.05) is 35.9 Å². The van der Waals surface area contributed by atoms with Crippen LogP contribution in [0.4, 0.5) is 10.1 Å². The molecule has 156 valence electrons. The van der Waals surface area contributed by atoms with E-state index in [0.29, 0.717) is 24.1 Å². The zero-order valence-corrected chi connectivity index (χ0v) is 16.9. The number of Topliss-reactive ketones (excluding diaryl/α,β-unsaturated/α-hetero) is 2. The number of rotatable bonds is 1. The van der Waals surface area contributed by atoms with E-state index in [4.69, 9.17) is 11.6 Å². The van der Waals surface area contributed by atoms with Crippen molar-refractivity contribution >= 4 is 40.7 Å². The number of hydrogen-bond acceptors (Lipinski definition) is 5. The van der Waals surface area contributed by atoms with Crippen molar-refractivity contribution in [2.24, 2.45) is 11.8 Å². The van der Waals surface area contributed by atoms with Crippen molar-refractivity contribution in [3.05, 3.63) is 64.4 Å². The monoisotopic (exact) mass is 438 g/mol. The first-order valence-corrected chi connectivity index (χ1v) is 10.5. The Balaban J connectivity index is 1.54. The van der Waals surface area contributed by atoms with Gasteiger partial charge < -0.3 is 0 Å². The Morgan fingerprint density at radius 1 is 0.968 bits per heavy atom. The number of halogens is 2. The van der Waals surface area contributed by atoms with E-state index in [1.165, 1.54) is 12.1 Å². The SMILES string of the molecule is O=C1[C@@H]2[C@H]3CCCN3C3(C(=O)c4ccccc4C3=O)[C@H]2C(=O)N1c1ccc(F)c(Cl)c1. The summed E-state index contributed by atoms with van der Waals surface area (Å²) in [5.74, 6) is -4.48. The minimum atomic E-state index is -1.69. The van der Waals surface area contributed by atoms with E-state index in [1.54, 1.807) is 29.2 Å². The van der Waals surface area contributed by atoms with Gasteiger partial charge in [0.2, 0.25) is 11.8 Å². The van der Waals surface area contributed by atoms with Crippen LogP contribution in [0.1, 0.15) is 33.6 Å². The van der Waals surface area contributed by atoms with E-state index in [9.17, 15) is 23.6 Å². The van der Waals surface area contributed by atoms with Gasteiger partial charge in [-0.05, 0) is 37.6 Å². The zero-order chi connectivity index (χ0) is 21.7. The number of anilines is 1. The van der Waals surface area contributed by atoms with Crippen molar-refractivity contribution in [1.82, 2.24) is 4.90 Å². The van der Waals surface area contributed by atoms with Crippen molar-refractivity contribution in [2.75, 3.05) is 11.4 Å². The number of carbonyl (C=O) groups is 4. The maximum absolute atomic E-state index is 13.7. The van der Waals surface area contributed by atoms with Crippen molar-refractivity contribution in [2.45, 2.75) is 24.4 Å². The van der Waals surface area contributed by atoms with Gasteiger partial charge in [0, 0.05) is 17.2 Å². The molecule has 1 aliphatic carbocycles. The van der Waals surface area contributed by atoms with Crippen LogP contribution in [0.2, 0.25) is 5.02 Å². The van der Waals surface area contributed by atoms with Crippen LogP contribution < -0.4 is 4.90 Å². The second-order valence-corrected chi connectivity index (χ2v) is 8.89. The summed E-state index contributed by atoms with van der Waals surface area (Å²) in [4.78, 5) is 57.3. The van der Waals surface area contributed by atoms with Gasteiger partial charge in [0.1, 0.15) is 5.82 Å². The molecule has 4 aliphatic rings. The van der Waals surface area contributed by atoms with Gasteiger partial charge in [0.25, 0.3) is 0 Å². The average Bonchev–Trinajstić information content (AvgIpc) is 3.45.